The molecule has 0 spiro atoms. The van der Waals surface area contributed by atoms with Gasteiger partial charge >= 0.3 is 5.97 Å². The number of carboxylic acid groups (broad SMARTS) is 1. The first-order valence-electron chi connectivity index (χ1n) is 6.27. The number of rotatable bonds is 3. The molecule has 5 nitrogen and oxygen atoms in total. The molecule has 1 unspecified atom stereocenters. The number of nitrogens with one attached hydrogen (secondary N) is 2. The Hall–Kier alpha value is -2.04. The molecular weight excluding hydrogens is 244 g/mol. The lowest BCUT2D eigenvalue weighted by Crippen LogP contribution is -2.53. The summed E-state index contributed by atoms with van der Waals surface area (Å²) in [4.78, 5) is 23.1. The molecular formula is C14H18N2O3. The second-order valence-electron chi connectivity index (χ2n) is 5.36. The van der Waals surface area contributed by atoms with Crippen LogP contribution in [0.25, 0.3) is 0 Å². The second-order valence-corrected chi connectivity index (χ2v) is 5.36. The second kappa shape index (κ2) is 4.91. The van der Waals surface area contributed by atoms with E-state index < -0.39 is 11.5 Å². The molecule has 0 saturated carbocycles. The minimum atomic E-state index is -1.24. The van der Waals surface area contributed by atoms with Gasteiger partial charge in [-0.15, -0.1) is 0 Å². The zero-order valence-corrected chi connectivity index (χ0v) is 11.1. The first-order chi connectivity index (χ1) is 8.90. The van der Waals surface area contributed by atoms with Gasteiger partial charge in [-0.3, -0.25) is 4.79 Å². The number of carboxylic acids is 1. The Morgan fingerprint density at radius 1 is 1.37 bits per heavy atom. The highest BCUT2D eigenvalue weighted by molar-refractivity contribution is 5.88. The van der Waals surface area contributed by atoms with Crippen LogP contribution in [-0.2, 0) is 16.0 Å². The summed E-state index contributed by atoms with van der Waals surface area (Å²) in [5.74, 6) is -1.51. The van der Waals surface area contributed by atoms with Crippen molar-refractivity contribution in [3.63, 3.8) is 0 Å². The molecule has 19 heavy (non-hydrogen) atoms. The van der Waals surface area contributed by atoms with E-state index in [1.165, 1.54) is 13.8 Å². The Balaban J connectivity index is 2.05. The van der Waals surface area contributed by atoms with E-state index >= 15 is 0 Å². The molecule has 0 radical (unpaired) electrons. The van der Waals surface area contributed by atoms with E-state index in [4.69, 9.17) is 5.11 Å². The summed E-state index contributed by atoms with van der Waals surface area (Å²) in [6, 6.07) is 7.83. The zero-order valence-electron chi connectivity index (χ0n) is 11.1. The van der Waals surface area contributed by atoms with Gasteiger partial charge in [0.25, 0.3) is 0 Å². The van der Waals surface area contributed by atoms with Crippen LogP contribution >= 0.6 is 0 Å². The first-order valence-corrected chi connectivity index (χ1v) is 6.27. The van der Waals surface area contributed by atoms with Crippen molar-refractivity contribution in [2.45, 2.75) is 25.8 Å². The van der Waals surface area contributed by atoms with E-state index in [1.54, 1.807) is 0 Å². The molecule has 1 heterocycles. The highest BCUT2D eigenvalue weighted by Gasteiger charge is 2.33. The summed E-state index contributed by atoms with van der Waals surface area (Å²) in [6.45, 7) is 3.49. The van der Waals surface area contributed by atoms with Crippen LogP contribution in [-0.4, -0.2) is 29.1 Å². The molecule has 1 atom stereocenters. The molecule has 2 rings (SSSR count). The van der Waals surface area contributed by atoms with Crippen LogP contribution < -0.4 is 10.6 Å². The van der Waals surface area contributed by atoms with Crippen LogP contribution in [0.3, 0.4) is 0 Å². The number of carbonyl (C=O) groups excluding carboxylic acids is 1. The standard InChI is InChI=1S/C14H18N2O3/c1-14(2,13(18)19)16-12(17)10-7-9-5-3-4-6-11(9)15-8-10/h3-6,10,15H,7-8H2,1-2H3,(H,16,17)(H,18,19). The Bertz CT molecular complexity index is 511. The van der Waals surface area contributed by atoms with Crippen LogP contribution in [0.1, 0.15) is 19.4 Å². The Labute approximate surface area is 112 Å². The summed E-state index contributed by atoms with van der Waals surface area (Å²) < 4.78 is 0. The van der Waals surface area contributed by atoms with Crippen molar-refractivity contribution in [1.29, 1.82) is 0 Å². The van der Waals surface area contributed by atoms with Crippen molar-refractivity contribution < 1.29 is 14.7 Å². The molecule has 0 aromatic heterocycles. The lowest BCUT2D eigenvalue weighted by Gasteiger charge is -2.28. The van der Waals surface area contributed by atoms with Gasteiger partial charge < -0.3 is 15.7 Å². The van der Waals surface area contributed by atoms with Crippen molar-refractivity contribution >= 4 is 17.6 Å². The quantitative estimate of drug-likeness (QED) is 0.766. The van der Waals surface area contributed by atoms with Crippen molar-refractivity contribution in [2.75, 3.05) is 11.9 Å². The first kappa shape index (κ1) is 13.4. The number of hydrogen-bond donors (Lipinski definition) is 3. The van der Waals surface area contributed by atoms with Gasteiger partial charge in [0.05, 0.1) is 5.92 Å². The molecule has 0 aliphatic carbocycles. The van der Waals surface area contributed by atoms with Gasteiger partial charge in [-0.1, -0.05) is 18.2 Å². The number of aliphatic carboxylic acids is 1. The number of amides is 1. The van der Waals surface area contributed by atoms with E-state index in [2.05, 4.69) is 10.6 Å². The lowest BCUT2D eigenvalue weighted by molar-refractivity contribution is -0.146. The molecule has 102 valence electrons. The average molecular weight is 262 g/mol. The van der Waals surface area contributed by atoms with Gasteiger partial charge in [0.15, 0.2) is 0 Å². The summed E-state index contributed by atoms with van der Waals surface area (Å²) in [6.07, 6.45) is 0.630. The van der Waals surface area contributed by atoms with Gasteiger partial charge in [-0.25, -0.2) is 4.79 Å². The van der Waals surface area contributed by atoms with E-state index in [-0.39, 0.29) is 11.8 Å². The molecule has 1 aliphatic rings. The fourth-order valence-corrected chi connectivity index (χ4v) is 2.09. The topological polar surface area (TPSA) is 78.4 Å². The van der Waals surface area contributed by atoms with Gasteiger partial charge in [0.1, 0.15) is 5.54 Å². The van der Waals surface area contributed by atoms with E-state index in [1.807, 2.05) is 24.3 Å². The zero-order chi connectivity index (χ0) is 14.0. The van der Waals surface area contributed by atoms with Crippen LogP contribution in [0.2, 0.25) is 0 Å². The van der Waals surface area contributed by atoms with Gasteiger partial charge in [0.2, 0.25) is 5.91 Å². The number of para-hydroxylation sites is 1. The maximum absolute atomic E-state index is 12.1. The molecule has 3 N–H and O–H groups in total. The SMILES string of the molecule is CC(C)(NC(=O)C1CNc2ccccc2C1)C(=O)O. The van der Waals surface area contributed by atoms with Crippen LogP contribution in [0.5, 0.6) is 0 Å². The maximum Gasteiger partial charge on any atom is 0.328 e. The Kier molecular flexibility index (Phi) is 3.46. The summed E-state index contributed by atoms with van der Waals surface area (Å²) in [7, 11) is 0. The van der Waals surface area contributed by atoms with Gasteiger partial charge in [0, 0.05) is 12.2 Å². The number of anilines is 1. The number of hydrogen-bond acceptors (Lipinski definition) is 3. The fraction of sp³-hybridized carbons (Fsp3) is 0.429. The molecule has 0 saturated heterocycles. The van der Waals surface area contributed by atoms with Crippen LogP contribution in [0.15, 0.2) is 24.3 Å². The normalized spacial score (nSPS) is 18.1. The third-order valence-electron chi connectivity index (χ3n) is 3.36. The Morgan fingerprint density at radius 2 is 2.05 bits per heavy atom. The smallest absolute Gasteiger partial charge is 0.328 e. The van der Waals surface area contributed by atoms with Crippen molar-refractivity contribution in [3.05, 3.63) is 29.8 Å². The maximum atomic E-state index is 12.1. The Morgan fingerprint density at radius 3 is 2.74 bits per heavy atom. The molecule has 0 fully saturated rings. The predicted molar refractivity (Wildman–Crippen MR) is 72.0 cm³/mol. The van der Waals surface area contributed by atoms with E-state index in [9.17, 15) is 9.59 Å². The molecule has 1 aromatic rings. The average Bonchev–Trinajstić information content (AvgIpc) is 2.37. The minimum Gasteiger partial charge on any atom is -0.480 e. The number of benzene rings is 1. The molecule has 1 aliphatic heterocycles. The predicted octanol–water partition coefficient (Wildman–Crippen LogP) is 1.25. The fourth-order valence-electron chi connectivity index (χ4n) is 2.09. The summed E-state index contributed by atoms with van der Waals surface area (Å²) >= 11 is 0. The molecule has 0 bridgehead atoms. The van der Waals surface area contributed by atoms with Crippen LogP contribution in [0, 0.1) is 5.92 Å². The highest BCUT2D eigenvalue weighted by Crippen LogP contribution is 2.24. The van der Waals surface area contributed by atoms with E-state index in [0.29, 0.717) is 13.0 Å². The number of carbonyl (C=O) groups is 2. The third-order valence-corrected chi connectivity index (χ3v) is 3.36. The number of fused-ring (bicyclic) bond motifs is 1. The minimum absolute atomic E-state index is 0.227. The monoisotopic (exact) mass is 262 g/mol. The van der Waals surface area contributed by atoms with Crippen molar-refractivity contribution in [1.82, 2.24) is 5.32 Å². The largest absolute Gasteiger partial charge is 0.480 e. The molecule has 1 amide bonds. The lowest BCUT2D eigenvalue weighted by atomic mass is 9.92. The molecule has 5 heteroatoms. The van der Waals surface area contributed by atoms with Gasteiger partial charge in [-0.05, 0) is 31.9 Å². The van der Waals surface area contributed by atoms with Crippen molar-refractivity contribution in [2.24, 2.45) is 5.92 Å². The summed E-state index contributed by atoms with van der Waals surface area (Å²) in [5.41, 5.74) is 0.889. The summed E-state index contributed by atoms with van der Waals surface area (Å²) in [5, 5.41) is 14.8. The van der Waals surface area contributed by atoms with Crippen LogP contribution in [0.4, 0.5) is 5.69 Å². The highest BCUT2D eigenvalue weighted by atomic mass is 16.4. The molecule has 1 aromatic carbocycles. The van der Waals surface area contributed by atoms with E-state index in [0.717, 1.165) is 11.3 Å². The van der Waals surface area contributed by atoms with Crippen molar-refractivity contribution in [3.8, 4) is 0 Å². The van der Waals surface area contributed by atoms with Gasteiger partial charge in [-0.2, -0.15) is 0 Å². The third kappa shape index (κ3) is 2.86.